The summed E-state index contributed by atoms with van der Waals surface area (Å²) in [6.07, 6.45) is 2.23. The minimum atomic E-state index is 0.0134. The van der Waals surface area contributed by atoms with Gasteiger partial charge in [0.15, 0.2) is 0 Å². The van der Waals surface area contributed by atoms with Crippen LogP contribution < -0.4 is 5.56 Å². The smallest absolute Gasteiger partial charge is 0.257 e. The van der Waals surface area contributed by atoms with Gasteiger partial charge in [-0.25, -0.2) is 4.40 Å². The summed E-state index contributed by atoms with van der Waals surface area (Å²) in [6.45, 7) is 0. The van der Waals surface area contributed by atoms with Crippen molar-refractivity contribution in [3.8, 4) is 0 Å². The van der Waals surface area contributed by atoms with E-state index in [0.717, 1.165) is 24.3 Å². The highest BCUT2D eigenvalue weighted by Crippen LogP contribution is 2.29. The third-order valence-electron chi connectivity index (χ3n) is 3.05. The molecule has 1 saturated heterocycles. The van der Waals surface area contributed by atoms with Crippen LogP contribution >= 0.6 is 11.8 Å². The second kappa shape index (κ2) is 3.97. The van der Waals surface area contributed by atoms with Crippen molar-refractivity contribution < 1.29 is 0 Å². The van der Waals surface area contributed by atoms with Crippen LogP contribution in [-0.2, 0) is 0 Å². The molecule has 0 spiro atoms. The lowest BCUT2D eigenvalue weighted by Gasteiger charge is -2.19. The molecule has 0 radical (unpaired) electrons. The monoisotopic (exact) mass is 235 g/mol. The van der Waals surface area contributed by atoms with Crippen LogP contribution in [0.5, 0.6) is 0 Å². The van der Waals surface area contributed by atoms with Gasteiger partial charge in [0.25, 0.3) is 5.56 Å². The van der Waals surface area contributed by atoms with E-state index in [-0.39, 0.29) is 5.56 Å². The summed E-state index contributed by atoms with van der Waals surface area (Å²) in [6, 6.07) is 5.23. The SMILES string of the molecule is O=c1cccc2[nH]nc(C3CCSCC3)n12. The van der Waals surface area contributed by atoms with Gasteiger partial charge in [-0.15, -0.1) is 0 Å². The summed E-state index contributed by atoms with van der Waals surface area (Å²) in [4.78, 5) is 11.8. The van der Waals surface area contributed by atoms with Crippen molar-refractivity contribution in [1.29, 1.82) is 0 Å². The number of nitrogens with one attached hydrogen (secondary N) is 1. The molecule has 1 fully saturated rings. The summed E-state index contributed by atoms with van der Waals surface area (Å²) in [5.41, 5.74) is 0.806. The first-order valence-corrected chi connectivity index (χ1v) is 6.65. The zero-order valence-electron chi connectivity index (χ0n) is 8.85. The van der Waals surface area contributed by atoms with E-state index in [2.05, 4.69) is 10.2 Å². The molecule has 2 aromatic rings. The maximum atomic E-state index is 11.8. The number of pyridine rings is 1. The van der Waals surface area contributed by atoms with Crippen LogP contribution in [0.15, 0.2) is 23.0 Å². The molecular weight excluding hydrogens is 222 g/mol. The Kier molecular flexibility index (Phi) is 2.47. The number of hydrogen-bond acceptors (Lipinski definition) is 3. The molecule has 1 aliphatic heterocycles. The van der Waals surface area contributed by atoms with E-state index in [1.54, 1.807) is 16.5 Å². The van der Waals surface area contributed by atoms with Gasteiger partial charge in [0.2, 0.25) is 0 Å². The number of rotatable bonds is 1. The van der Waals surface area contributed by atoms with Gasteiger partial charge in [0.05, 0.1) is 0 Å². The van der Waals surface area contributed by atoms with E-state index in [0.29, 0.717) is 5.92 Å². The van der Waals surface area contributed by atoms with E-state index in [1.165, 1.54) is 11.5 Å². The lowest BCUT2D eigenvalue weighted by molar-refractivity contribution is 0.589. The van der Waals surface area contributed by atoms with Crippen molar-refractivity contribution in [2.45, 2.75) is 18.8 Å². The molecular formula is C11H13N3OS. The Morgan fingerprint density at radius 3 is 3.00 bits per heavy atom. The van der Waals surface area contributed by atoms with Crippen molar-refractivity contribution >= 4 is 17.4 Å². The van der Waals surface area contributed by atoms with E-state index in [9.17, 15) is 4.79 Å². The Morgan fingerprint density at radius 2 is 2.19 bits per heavy atom. The summed E-state index contributed by atoms with van der Waals surface area (Å²) in [5.74, 6) is 3.66. The molecule has 0 bridgehead atoms. The molecule has 3 heterocycles. The fourth-order valence-electron chi connectivity index (χ4n) is 2.21. The van der Waals surface area contributed by atoms with Crippen molar-refractivity contribution in [2.75, 3.05) is 11.5 Å². The van der Waals surface area contributed by atoms with Gasteiger partial charge in [-0.05, 0) is 30.4 Å². The van der Waals surface area contributed by atoms with Gasteiger partial charge in [-0.2, -0.15) is 16.9 Å². The van der Waals surface area contributed by atoms with E-state index < -0.39 is 0 Å². The van der Waals surface area contributed by atoms with Crippen molar-refractivity contribution in [2.24, 2.45) is 0 Å². The molecule has 0 amide bonds. The first-order chi connectivity index (χ1) is 7.86. The highest BCUT2D eigenvalue weighted by molar-refractivity contribution is 7.99. The summed E-state index contributed by atoms with van der Waals surface area (Å²) in [7, 11) is 0. The van der Waals surface area contributed by atoms with E-state index >= 15 is 0 Å². The van der Waals surface area contributed by atoms with Crippen molar-refractivity contribution in [1.82, 2.24) is 14.6 Å². The molecule has 3 rings (SSSR count). The summed E-state index contributed by atoms with van der Waals surface area (Å²) >= 11 is 1.98. The standard InChI is InChI=1S/C11H13N3OS/c15-10-3-1-2-9-12-13-11(14(9)10)8-4-6-16-7-5-8/h1-3,8,12H,4-7H2. The molecule has 0 aromatic carbocycles. The Morgan fingerprint density at radius 1 is 1.38 bits per heavy atom. The third kappa shape index (κ3) is 1.55. The van der Waals surface area contributed by atoms with Gasteiger partial charge < -0.3 is 0 Å². The van der Waals surface area contributed by atoms with E-state index in [1.807, 2.05) is 17.8 Å². The number of H-pyrrole nitrogens is 1. The molecule has 2 aromatic heterocycles. The van der Waals surface area contributed by atoms with Crippen LogP contribution in [0.4, 0.5) is 0 Å². The molecule has 0 atom stereocenters. The predicted octanol–water partition coefficient (Wildman–Crippen LogP) is 1.63. The first kappa shape index (κ1) is 9.96. The highest BCUT2D eigenvalue weighted by atomic mass is 32.2. The lowest BCUT2D eigenvalue weighted by atomic mass is 10.0. The fourth-order valence-corrected chi connectivity index (χ4v) is 3.31. The molecule has 5 heteroatoms. The molecule has 0 unspecified atom stereocenters. The van der Waals surface area contributed by atoms with Gasteiger partial charge >= 0.3 is 0 Å². The Balaban J connectivity index is 2.12. The predicted molar refractivity (Wildman–Crippen MR) is 65.1 cm³/mol. The normalized spacial score (nSPS) is 18.0. The minimum absolute atomic E-state index is 0.0134. The number of hydrogen-bond donors (Lipinski definition) is 1. The Hall–Kier alpha value is -1.23. The molecule has 84 valence electrons. The van der Waals surface area contributed by atoms with Crippen LogP contribution in [0, 0.1) is 0 Å². The molecule has 0 aliphatic carbocycles. The second-order valence-corrected chi connectivity index (χ2v) is 5.28. The van der Waals surface area contributed by atoms with Crippen LogP contribution in [0.3, 0.4) is 0 Å². The number of nitrogens with zero attached hydrogens (tertiary/aromatic N) is 2. The van der Waals surface area contributed by atoms with Crippen molar-refractivity contribution in [3.05, 3.63) is 34.4 Å². The van der Waals surface area contributed by atoms with Crippen molar-refractivity contribution in [3.63, 3.8) is 0 Å². The third-order valence-corrected chi connectivity index (χ3v) is 4.10. The number of fused-ring (bicyclic) bond motifs is 1. The van der Waals surface area contributed by atoms with Gasteiger partial charge in [0, 0.05) is 12.0 Å². The number of aromatic amines is 1. The first-order valence-electron chi connectivity index (χ1n) is 5.50. The van der Waals surface area contributed by atoms with Crippen LogP contribution in [-0.4, -0.2) is 26.1 Å². The maximum absolute atomic E-state index is 11.8. The zero-order chi connectivity index (χ0) is 11.0. The summed E-state index contributed by atoms with van der Waals surface area (Å²) in [5, 5.41) is 7.24. The maximum Gasteiger partial charge on any atom is 0.257 e. The largest absolute Gasteiger partial charge is 0.269 e. The van der Waals surface area contributed by atoms with Gasteiger partial charge in [-0.1, -0.05) is 6.07 Å². The number of thioether (sulfide) groups is 1. The Bertz CT molecular complexity index is 554. The molecule has 16 heavy (non-hydrogen) atoms. The zero-order valence-corrected chi connectivity index (χ0v) is 9.67. The second-order valence-electron chi connectivity index (χ2n) is 4.05. The molecule has 1 N–H and O–H groups in total. The highest BCUT2D eigenvalue weighted by Gasteiger charge is 2.21. The average molecular weight is 235 g/mol. The molecule has 0 saturated carbocycles. The summed E-state index contributed by atoms with van der Waals surface area (Å²) < 4.78 is 1.71. The van der Waals surface area contributed by atoms with Crippen LogP contribution in [0.25, 0.3) is 5.65 Å². The van der Waals surface area contributed by atoms with Crippen LogP contribution in [0.2, 0.25) is 0 Å². The van der Waals surface area contributed by atoms with Crippen LogP contribution in [0.1, 0.15) is 24.6 Å². The Labute approximate surface area is 97.1 Å². The quantitative estimate of drug-likeness (QED) is 0.817. The van der Waals surface area contributed by atoms with Gasteiger partial charge in [-0.3, -0.25) is 9.89 Å². The van der Waals surface area contributed by atoms with E-state index in [4.69, 9.17) is 0 Å². The molecule has 4 nitrogen and oxygen atoms in total. The number of aromatic nitrogens is 3. The average Bonchev–Trinajstić information content (AvgIpc) is 2.75. The molecule has 1 aliphatic rings. The van der Waals surface area contributed by atoms with Gasteiger partial charge in [0.1, 0.15) is 11.5 Å². The topological polar surface area (TPSA) is 50.2 Å². The minimum Gasteiger partial charge on any atom is -0.269 e. The lowest BCUT2D eigenvalue weighted by Crippen LogP contribution is -2.18. The fraction of sp³-hybridized carbons (Fsp3) is 0.455.